The minimum atomic E-state index is -0.432. The molecule has 1 saturated heterocycles. The first-order valence-electron chi connectivity index (χ1n) is 10.7. The third kappa shape index (κ3) is 4.69. The number of likely N-dealkylation sites (tertiary alicyclic amines) is 1. The summed E-state index contributed by atoms with van der Waals surface area (Å²) < 4.78 is 24.7. The summed E-state index contributed by atoms with van der Waals surface area (Å²) in [6.07, 6.45) is 3.44. The first-order valence-corrected chi connectivity index (χ1v) is 10.7. The Kier molecular flexibility index (Phi) is 6.46. The number of furan rings is 1. The van der Waals surface area contributed by atoms with Crippen LogP contribution in [0.3, 0.4) is 0 Å². The van der Waals surface area contributed by atoms with Gasteiger partial charge in [0.1, 0.15) is 29.3 Å². The lowest BCUT2D eigenvalue weighted by molar-refractivity contribution is 0.0526. The van der Waals surface area contributed by atoms with E-state index in [4.69, 9.17) is 9.15 Å². The summed E-state index contributed by atoms with van der Waals surface area (Å²) in [5.74, 6) is 0.933. The van der Waals surface area contributed by atoms with Gasteiger partial charge in [0.25, 0.3) is 0 Å². The fourth-order valence-corrected chi connectivity index (χ4v) is 4.08. The number of hydrogen-bond acceptors (Lipinski definition) is 7. The van der Waals surface area contributed by atoms with Gasteiger partial charge in [0.2, 0.25) is 5.71 Å². The topological polar surface area (TPSA) is 80.5 Å². The van der Waals surface area contributed by atoms with E-state index < -0.39 is 5.97 Å². The molecule has 1 aliphatic heterocycles. The molecular weight excluding hydrogens is 399 g/mol. The Labute approximate surface area is 180 Å². The van der Waals surface area contributed by atoms with Gasteiger partial charge in [-0.05, 0) is 51.8 Å². The largest absolute Gasteiger partial charge is 0.462 e. The molecule has 3 aromatic rings. The van der Waals surface area contributed by atoms with E-state index in [0.717, 1.165) is 38.0 Å². The van der Waals surface area contributed by atoms with Crippen LogP contribution >= 0.6 is 0 Å². The highest BCUT2D eigenvalue weighted by atomic mass is 19.1. The first kappa shape index (κ1) is 21.2. The van der Waals surface area contributed by atoms with Crippen molar-refractivity contribution in [2.45, 2.75) is 33.2 Å². The Morgan fingerprint density at radius 3 is 2.81 bits per heavy atom. The maximum Gasteiger partial charge on any atom is 0.342 e. The molecule has 0 radical (unpaired) electrons. The fourth-order valence-electron chi connectivity index (χ4n) is 4.08. The number of esters is 1. The molecule has 1 aliphatic rings. The van der Waals surface area contributed by atoms with Crippen LogP contribution in [0.15, 0.2) is 35.0 Å². The molecule has 8 heteroatoms. The van der Waals surface area contributed by atoms with Crippen LogP contribution in [0.2, 0.25) is 0 Å². The lowest BCUT2D eigenvalue weighted by Crippen LogP contribution is -2.35. The monoisotopic (exact) mass is 426 g/mol. The van der Waals surface area contributed by atoms with Gasteiger partial charge in [-0.25, -0.2) is 19.2 Å². The predicted molar refractivity (Wildman–Crippen MR) is 115 cm³/mol. The van der Waals surface area contributed by atoms with Gasteiger partial charge in [-0.15, -0.1) is 0 Å². The number of piperidine rings is 1. The third-order valence-corrected chi connectivity index (χ3v) is 5.76. The van der Waals surface area contributed by atoms with Gasteiger partial charge in [-0.1, -0.05) is 18.2 Å². The minimum Gasteiger partial charge on any atom is -0.462 e. The summed E-state index contributed by atoms with van der Waals surface area (Å²) in [4.78, 5) is 23.2. The molecule has 0 atom stereocenters. The quantitative estimate of drug-likeness (QED) is 0.568. The highest BCUT2D eigenvalue weighted by Gasteiger charge is 2.25. The van der Waals surface area contributed by atoms with Gasteiger partial charge in [-0.3, -0.25) is 4.90 Å². The van der Waals surface area contributed by atoms with Gasteiger partial charge < -0.3 is 14.5 Å². The number of nitrogens with one attached hydrogen (secondary N) is 1. The number of benzene rings is 1. The molecule has 3 heterocycles. The first-order chi connectivity index (χ1) is 15.1. The summed E-state index contributed by atoms with van der Waals surface area (Å²) in [6.45, 7) is 6.97. The number of carbonyl (C=O) groups is 1. The average Bonchev–Trinajstić information content (AvgIpc) is 3.11. The van der Waals surface area contributed by atoms with E-state index in [9.17, 15) is 9.18 Å². The van der Waals surface area contributed by atoms with Crippen LogP contribution in [-0.4, -0.2) is 47.1 Å². The smallest absolute Gasteiger partial charge is 0.342 e. The predicted octanol–water partition coefficient (Wildman–Crippen LogP) is 4.17. The summed E-state index contributed by atoms with van der Waals surface area (Å²) >= 11 is 0. The Hall–Kier alpha value is -3.00. The molecule has 1 N–H and O–H groups in total. The molecule has 4 rings (SSSR count). The number of hydrogen-bond donors (Lipinski definition) is 1. The lowest BCUT2D eigenvalue weighted by Gasteiger charge is -2.32. The van der Waals surface area contributed by atoms with Crippen LogP contribution in [0, 0.1) is 18.7 Å². The summed E-state index contributed by atoms with van der Waals surface area (Å²) in [6, 6.07) is 6.95. The van der Waals surface area contributed by atoms with E-state index in [1.165, 1.54) is 12.4 Å². The van der Waals surface area contributed by atoms with Crippen LogP contribution in [0.4, 0.5) is 10.2 Å². The second-order valence-electron chi connectivity index (χ2n) is 7.85. The molecule has 0 bridgehead atoms. The van der Waals surface area contributed by atoms with Gasteiger partial charge in [0.15, 0.2) is 0 Å². The van der Waals surface area contributed by atoms with Crippen molar-refractivity contribution in [3.05, 3.63) is 53.3 Å². The number of fused-ring (bicyclic) bond motifs is 1. The number of ether oxygens (including phenoxy) is 1. The summed E-state index contributed by atoms with van der Waals surface area (Å²) in [7, 11) is 0. The lowest BCUT2D eigenvalue weighted by atomic mass is 9.96. The molecule has 31 heavy (non-hydrogen) atoms. The number of halogens is 1. The van der Waals surface area contributed by atoms with E-state index in [2.05, 4.69) is 20.2 Å². The van der Waals surface area contributed by atoms with Crippen molar-refractivity contribution in [1.82, 2.24) is 14.9 Å². The zero-order valence-corrected chi connectivity index (χ0v) is 17.9. The normalized spacial score (nSPS) is 15.3. The Morgan fingerprint density at radius 1 is 1.29 bits per heavy atom. The minimum absolute atomic E-state index is 0.146. The van der Waals surface area contributed by atoms with Crippen LogP contribution in [0.25, 0.3) is 11.1 Å². The molecule has 164 valence electrons. The molecule has 7 nitrogen and oxygen atoms in total. The Morgan fingerprint density at radius 2 is 2.06 bits per heavy atom. The molecule has 0 unspecified atom stereocenters. The van der Waals surface area contributed by atoms with Crippen molar-refractivity contribution < 1.29 is 18.3 Å². The number of rotatable bonds is 7. The molecule has 0 amide bonds. The second kappa shape index (κ2) is 9.43. The number of anilines is 1. The van der Waals surface area contributed by atoms with Crippen LogP contribution in [-0.2, 0) is 11.3 Å². The maximum absolute atomic E-state index is 13.9. The van der Waals surface area contributed by atoms with Gasteiger partial charge in [-0.2, -0.15) is 0 Å². The summed E-state index contributed by atoms with van der Waals surface area (Å²) in [5, 5.41) is 3.95. The van der Waals surface area contributed by atoms with Crippen molar-refractivity contribution in [3.63, 3.8) is 0 Å². The van der Waals surface area contributed by atoms with E-state index in [0.29, 0.717) is 40.7 Å². The molecule has 1 aromatic carbocycles. The van der Waals surface area contributed by atoms with Crippen molar-refractivity contribution in [1.29, 1.82) is 0 Å². The molecular formula is C23H27FN4O3. The molecule has 1 fully saturated rings. The van der Waals surface area contributed by atoms with Crippen LogP contribution in [0.5, 0.6) is 0 Å². The standard InChI is InChI=1S/C23H27FN4O3/c1-3-30-23(29)19-15(2)31-22-20(19)21(26-14-27-22)25-12-16-8-10-28(11-9-16)13-17-6-4-5-7-18(17)24/h4-7,14,16H,3,8-13H2,1-2H3,(H,25,26,27). The van der Waals surface area contributed by atoms with E-state index in [1.807, 2.05) is 12.1 Å². The van der Waals surface area contributed by atoms with Crippen LogP contribution in [0.1, 0.15) is 41.4 Å². The van der Waals surface area contributed by atoms with Crippen molar-refractivity contribution in [2.24, 2.45) is 5.92 Å². The van der Waals surface area contributed by atoms with E-state index >= 15 is 0 Å². The molecule has 2 aromatic heterocycles. The molecule has 0 saturated carbocycles. The van der Waals surface area contributed by atoms with Gasteiger partial charge in [0, 0.05) is 18.7 Å². The number of nitrogens with zero attached hydrogens (tertiary/aromatic N) is 3. The van der Waals surface area contributed by atoms with Gasteiger partial charge >= 0.3 is 5.97 Å². The Bertz CT molecular complexity index is 1060. The fraction of sp³-hybridized carbons (Fsp3) is 0.435. The summed E-state index contributed by atoms with van der Waals surface area (Å²) in [5.41, 5.74) is 1.49. The number of aromatic nitrogens is 2. The van der Waals surface area contributed by atoms with E-state index in [1.54, 1.807) is 19.9 Å². The molecule has 0 aliphatic carbocycles. The zero-order valence-electron chi connectivity index (χ0n) is 17.9. The van der Waals surface area contributed by atoms with E-state index in [-0.39, 0.29) is 12.4 Å². The van der Waals surface area contributed by atoms with Crippen molar-refractivity contribution >= 4 is 22.9 Å². The Balaban J connectivity index is 1.39. The zero-order chi connectivity index (χ0) is 21.8. The average molecular weight is 426 g/mol. The van der Waals surface area contributed by atoms with Crippen molar-refractivity contribution in [3.8, 4) is 0 Å². The van der Waals surface area contributed by atoms with Crippen LogP contribution < -0.4 is 5.32 Å². The van der Waals surface area contributed by atoms with Gasteiger partial charge in [0.05, 0.1) is 12.0 Å². The maximum atomic E-state index is 13.9. The second-order valence-corrected chi connectivity index (χ2v) is 7.85. The van der Waals surface area contributed by atoms with Crippen molar-refractivity contribution in [2.75, 3.05) is 31.6 Å². The third-order valence-electron chi connectivity index (χ3n) is 5.76. The number of aryl methyl sites for hydroxylation is 1. The molecule has 0 spiro atoms. The highest BCUT2D eigenvalue weighted by molar-refractivity contribution is 6.07. The number of carbonyl (C=O) groups excluding carboxylic acids is 1. The SMILES string of the molecule is CCOC(=O)c1c(C)oc2ncnc(NCC3CCN(Cc4ccccc4F)CC3)c12. The highest BCUT2D eigenvalue weighted by Crippen LogP contribution is 2.30.